The minimum atomic E-state index is -1.37. The molecule has 234 valence electrons. The first-order chi connectivity index (χ1) is 21.9. The van der Waals surface area contributed by atoms with E-state index >= 15 is 0 Å². The lowest BCUT2D eigenvalue weighted by molar-refractivity contribution is -0.129. The lowest BCUT2D eigenvalue weighted by Crippen LogP contribution is -2.49. The number of aliphatic hydroxyl groups is 1. The van der Waals surface area contributed by atoms with Crippen LogP contribution in [0, 0.1) is 0 Å². The maximum atomic E-state index is 14.6. The second kappa shape index (κ2) is 14.9. The van der Waals surface area contributed by atoms with Crippen molar-refractivity contribution >= 4 is 43.7 Å². The Balaban J connectivity index is 1.57. The van der Waals surface area contributed by atoms with E-state index in [0.717, 1.165) is 25.6 Å². The molecule has 1 aliphatic heterocycles. The molecule has 8 nitrogen and oxygen atoms in total. The SMILES string of the molecule is COc1cccc(CNC(=O)[C@]2(Cc3ccccc3Br)N=C(c3ccc(OCCCO)cc3)O[C@@H]2c2ccc(Br)cc2)c1OC. The third kappa shape index (κ3) is 7.35. The van der Waals surface area contributed by atoms with Gasteiger partial charge in [-0.15, -0.1) is 0 Å². The largest absolute Gasteiger partial charge is 0.494 e. The van der Waals surface area contributed by atoms with E-state index in [1.807, 2.05) is 91.0 Å². The average Bonchev–Trinajstić information content (AvgIpc) is 3.45. The lowest BCUT2D eigenvalue weighted by atomic mass is 9.82. The summed E-state index contributed by atoms with van der Waals surface area (Å²) in [5.74, 6) is 1.85. The van der Waals surface area contributed by atoms with Crippen LogP contribution in [0.5, 0.6) is 17.2 Å². The molecule has 4 aromatic rings. The quantitative estimate of drug-likeness (QED) is 0.147. The number of para-hydroxylation sites is 1. The molecule has 0 aliphatic carbocycles. The fourth-order valence-corrected chi connectivity index (χ4v) is 5.96. The first-order valence-corrected chi connectivity index (χ1v) is 16.0. The van der Waals surface area contributed by atoms with Crippen LogP contribution < -0.4 is 19.5 Å². The lowest BCUT2D eigenvalue weighted by Gasteiger charge is -2.31. The predicted octanol–water partition coefficient (Wildman–Crippen LogP) is 6.81. The maximum absolute atomic E-state index is 14.6. The Bertz CT molecular complexity index is 1650. The van der Waals surface area contributed by atoms with Crippen LogP contribution in [0.15, 0.2) is 105 Å². The summed E-state index contributed by atoms with van der Waals surface area (Å²) >= 11 is 7.21. The van der Waals surface area contributed by atoms with Crippen molar-refractivity contribution in [2.24, 2.45) is 4.99 Å². The van der Waals surface area contributed by atoms with Crippen LogP contribution in [0.25, 0.3) is 0 Å². The van der Waals surface area contributed by atoms with E-state index in [-0.39, 0.29) is 25.5 Å². The van der Waals surface area contributed by atoms with Gasteiger partial charge in [0, 0.05) is 46.1 Å². The number of nitrogens with one attached hydrogen (secondary N) is 1. The first-order valence-electron chi connectivity index (χ1n) is 14.5. The van der Waals surface area contributed by atoms with Gasteiger partial charge in [0.2, 0.25) is 5.90 Å². The highest BCUT2D eigenvalue weighted by Crippen LogP contribution is 2.44. The number of carbonyl (C=O) groups is 1. The fourth-order valence-electron chi connectivity index (χ4n) is 5.27. The minimum absolute atomic E-state index is 0.0620. The fraction of sp³-hybridized carbons (Fsp3) is 0.257. The molecule has 0 unspecified atom stereocenters. The summed E-state index contributed by atoms with van der Waals surface area (Å²) in [5.41, 5.74) is 1.83. The summed E-state index contributed by atoms with van der Waals surface area (Å²) in [6, 6.07) is 28.5. The molecule has 0 aromatic heterocycles. The number of rotatable bonds is 13. The van der Waals surface area contributed by atoms with E-state index in [2.05, 4.69) is 37.2 Å². The van der Waals surface area contributed by atoms with Gasteiger partial charge >= 0.3 is 0 Å². The number of halogens is 2. The van der Waals surface area contributed by atoms with Crippen molar-refractivity contribution in [2.75, 3.05) is 27.4 Å². The number of hydrogen-bond acceptors (Lipinski definition) is 7. The molecule has 0 spiro atoms. The highest BCUT2D eigenvalue weighted by atomic mass is 79.9. The van der Waals surface area contributed by atoms with E-state index in [9.17, 15) is 4.79 Å². The Morgan fingerprint density at radius 2 is 1.67 bits per heavy atom. The summed E-state index contributed by atoms with van der Waals surface area (Å²) in [7, 11) is 3.15. The van der Waals surface area contributed by atoms with Crippen molar-refractivity contribution in [3.63, 3.8) is 0 Å². The molecule has 0 bridgehead atoms. The molecule has 0 saturated carbocycles. The Morgan fingerprint density at radius 1 is 0.933 bits per heavy atom. The van der Waals surface area contributed by atoms with E-state index in [1.54, 1.807) is 14.2 Å². The standard InChI is InChI=1S/C35H34Br2N2O6/c1-42-30-10-5-8-26(31(30)43-2)22-38-34(41)35(21-25-7-3-4-9-29(25)37)32(23-11-15-27(36)16-12-23)45-33(39-35)24-13-17-28(18-14-24)44-20-6-19-40/h3-5,7-18,32,40H,6,19-22H2,1-2H3,(H,38,41)/t32-,35-/m1/s1. The average molecular weight is 738 g/mol. The highest BCUT2D eigenvalue weighted by Gasteiger charge is 2.53. The molecular formula is C35H34Br2N2O6. The molecule has 0 fully saturated rings. The summed E-state index contributed by atoms with van der Waals surface area (Å²) in [6.07, 6.45) is 0.0726. The Labute approximate surface area is 279 Å². The van der Waals surface area contributed by atoms with Gasteiger partial charge in [-0.25, -0.2) is 4.99 Å². The van der Waals surface area contributed by atoms with Crippen LogP contribution in [0.2, 0.25) is 0 Å². The monoisotopic (exact) mass is 736 g/mol. The van der Waals surface area contributed by atoms with E-state index < -0.39 is 11.6 Å². The molecule has 1 aliphatic rings. The second-order valence-electron chi connectivity index (χ2n) is 10.4. The number of nitrogens with zero attached hydrogens (tertiary/aromatic N) is 1. The zero-order valence-electron chi connectivity index (χ0n) is 25.0. The van der Waals surface area contributed by atoms with Crippen molar-refractivity contribution in [1.82, 2.24) is 5.32 Å². The Morgan fingerprint density at radius 3 is 2.36 bits per heavy atom. The topological polar surface area (TPSA) is 98.6 Å². The number of methoxy groups -OCH3 is 2. The Hall–Kier alpha value is -3.86. The van der Waals surface area contributed by atoms with Gasteiger partial charge in [0.25, 0.3) is 5.91 Å². The third-order valence-corrected chi connectivity index (χ3v) is 8.85. The number of carbonyl (C=O) groups excluding carboxylic acids is 1. The van der Waals surface area contributed by atoms with Crippen LogP contribution in [-0.2, 0) is 22.5 Å². The van der Waals surface area contributed by atoms with Crippen molar-refractivity contribution in [3.05, 3.63) is 122 Å². The number of benzene rings is 4. The highest BCUT2D eigenvalue weighted by molar-refractivity contribution is 9.10. The number of aliphatic imine (C=N–C) groups is 1. The van der Waals surface area contributed by atoms with E-state index in [0.29, 0.717) is 41.7 Å². The van der Waals surface area contributed by atoms with Gasteiger partial charge in [-0.2, -0.15) is 0 Å². The molecule has 1 amide bonds. The van der Waals surface area contributed by atoms with Crippen molar-refractivity contribution in [2.45, 2.75) is 31.0 Å². The van der Waals surface area contributed by atoms with Crippen molar-refractivity contribution in [1.29, 1.82) is 0 Å². The summed E-state index contributed by atoms with van der Waals surface area (Å²) in [5, 5.41) is 12.2. The zero-order chi connectivity index (χ0) is 31.8. The van der Waals surface area contributed by atoms with Crippen molar-refractivity contribution < 1.29 is 28.8 Å². The van der Waals surface area contributed by atoms with Gasteiger partial charge < -0.3 is 29.4 Å². The van der Waals surface area contributed by atoms with Gasteiger partial charge in [-0.1, -0.05) is 74.3 Å². The molecular weight excluding hydrogens is 704 g/mol. The third-order valence-electron chi connectivity index (χ3n) is 7.54. The van der Waals surface area contributed by atoms with Gasteiger partial charge in [0.15, 0.2) is 23.1 Å². The molecule has 0 radical (unpaired) electrons. The molecule has 2 atom stereocenters. The normalized spacial score (nSPS) is 17.3. The second-order valence-corrected chi connectivity index (χ2v) is 12.2. The van der Waals surface area contributed by atoms with Crippen LogP contribution in [0.4, 0.5) is 0 Å². The summed E-state index contributed by atoms with van der Waals surface area (Å²) < 4.78 is 25.2. The molecule has 10 heteroatoms. The zero-order valence-corrected chi connectivity index (χ0v) is 28.1. The van der Waals surface area contributed by atoms with Gasteiger partial charge in [0.1, 0.15) is 5.75 Å². The number of ether oxygens (including phenoxy) is 4. The molecule has 2 N–H and O–H groups in total. The van der Waals surface area contributed by atoms with E-state index in [1.165, 1.54) is 0 Å². The summed E-state index contributed by atoms with van der Waals surface area (Å²) in [4.78, 5) is 19.7. The smallest absolute Gasteiger partial charge is 0.252 e. The molecule has 1 heterocycles. The van der Waals surface area contributed by atoms with Gasteiger partial charge in [-0.3, -0.25) is 4.79 Å². The maximum Gasteiger partial charge on any atom is 0.252 e. The summed E-state index contributed by atoms with van der Waals surface area (Å²) in [6.45, 7) is 0.660. The van der Waals surface area contributed by atoms with Crippen LogP contribution in [0.1, 0.15) is 34.8 Å². The van der Waals surface area contributed by atoms with Crippen molar-refractivity contribution in [3.8, 4) is 17.2 Å². The number of aliphatic hydroxyl groups excluding tert-OH is 1. The molecule has 0 saturated heterocycles. The Kier molecular flexibility index (Phi) is 10.8. The molecule has 45 heavy (non-hydrogen) atoms. The van der Waals surface area contributed by atoms with Crippen LogP contribution in [0.3, 0.4) is 0 Å². The molecule has 5 rings (SSSR count). The predicted molar refractivity (Wildman–Crippen MR) is 180 cm³/mol. The molecule has 4 aromatic carbocycles. The van der Waals surface area contributed by atoms with Gasteiger partial charge in [0.05, 0.1) is 20.8 Å². The van der Waals surface area contributed by atoms with Gasteiger partial charge in [-0.05, 0) is 59.7 Å². The number of hydrogen-bond donors (Lipinski definition) is 2. The first kappa shape index (κ1) is 32.5. The van der Waals surface area contributed by atoms with Crippen LogP contribution in [-0.4, -0.2) is 49.9 Å². The van der Waals surface area contributed by atoms with E-state index in [4.69, 9.17) is 29.0 Å². The minimum Gasteiger partial charge on any atom is -0.494 e. The number of amides is 1. The van der Waals surface area contributed by atoms with Crippen LogP contribution >= 0.6 is 31.9 Å².